The van der Waals surface area contributed by atoms with Crippen molar-refractivity contribution in [1.29, 1.82) is 0 Å². The van der Waals surface area contributed by atoms with Crippen LogP contribution in [0, 0.1) is 19.3 Å². The molecule has 1 saturated heterocycles. The molecular formula is C25H27ClN4O2S. The second-order valence-electron chi connectivity index (χ2n) is 8.68. The SMILES string of the molecule is Cc1cccc(C)c1-c1nc(NSc2cccc(N3CCC(C)(C(=O)O)CC3)n2)ccc1Cl. The maximum atomic E-state index is 11.5. The van der Waals surface area contributed by atoms with E-state index >= 15 is 0 Å². The van der Waals surface area contributed by atoms with Gasteiger partial charge in [-0.25, -0.2) is 9.97 Å². The highest BCUT2D eigenvalue weighted by molar-refractivity contribution is 8.00. The van der Waals surface area contributed by atoms with Crippen molar-refractivity contribution in [3.8, 4) is 11.3 Å². The van der Waals surface area contributed by atoms with Gasteiger partial charge >= 0.3 is 5.97 Å². The van der Waals surface area contributed by atoms with Crippen LogP contribution in [0.25, 0.3) is 11.3 Å². The summed E-state index contributed by atoms with van der Waals surface area (Å²) < 4.78 is 3.28. The summed E-state index contributed by atoms with van der Waals surface area (Å²) in [6, 6.07) is 15.7. The minimum atomic E-state index is -0.723. The second kappa shape index (κ2) is 9.61. The number of carboxylic acid groups (broad SMARTS) is 1. The summed E-state index contributed by atoms with van der Waals surface area (Å²) in [5, 5.41) is 10.9. The molecule has 0 atom stereocenters. The molecule has 172 valence electrons. The molecule has 0 unspecified atom stereocenters. The summed E-state index contributed by atoms with van der Waals surface area (Å²) in [5.41, 5.74) is 3.41. The zero-order valence-corrected chi connectivity index (χ0v) is 20.5. The van der Waals surface area contributed by atoms with E-state index in [1.165, 1.54) is 11.9 Å². The molecule has 0 bridgehead atoms. The van der Waals surface area contributed by atoms with Crippen LogP contribution in [-0.2, 0) is 4.79 Å². The van der Waals surface area contributed by atoms with Gasteiger partial charge in [0.15, 0.2) is 0 Å². The lowest BCUT2D eigenvalue weighted by molar-refractivity contribution is -0.149. The number of aliphatic carboxylic acids is 1. The number of carbonyl (C=O) groups is 1. The zero-order valence-electron chi connectivity index (χ0n) is 18.9. The summed E-state index contributed by atoms with van der Waals surface area (Å²) in [5.74, 6) is 0.832. The first-order valence-corrected chi connectivity index (χ1v) is 12.1. The van der Waals surface area contributed by atoms with Crippen LogP contribution in [0.15, 0.2) is 53.6 Å². The van der Waals surface area contributed by atoms with Crippen molar-refractivity contribution < 1.29 is 9.90 Å². The predicted molar refractivity (Wildman–Crippen MR) is 135 cm³/mol. The van der Waals surface area contributed by atoms with E-state index in [0.717, 1.165) is 33.2 Å². The fourth-order valence-electron chi connectivity index (χ4n) is 4.05. The van der Waals surface area contributed by atoms with Gasteiger partial charge in [-0.2, -0.15) is 0 Å². The van der Waals surface area contributed by atoms with Crippen LogP contribution in [0.2, 0.25) is 5.02 Å². The number of carboxylic acids is 1. The van der Waals surface area contributed by atoms with E-state index in [1.807, 2.05) is 43.3 Å². The molecule has 1 aromatic carbocycles. The molecule has 1 aliphatic heterocycles. The van der Waals surface area contributed by atoms with Crippen LogP contribution in [-0.4, -0.2) is 34.1 Å². The van der Waals surface area contributed by atoms with E-state index in [0.29, 0.717) is 36.8 Å². The van der Waals surface area contributed by atoms with E-state index in [1.54, 1.807) is 0 Å². The quantitative estimate of drug-likeness (QED) is 0.403. The maximum Gasteiger partial charge on any atom is 0.309 e. The lowest BCUT2D eigenvalue weighted by Crippen LogP contribution is -2.43. The van der Waals surface area contributed by atoms with E-state index in [2.05, 4.69) is 35.6 Å². The summed E-state index contributed by atoms with van der Waals surface area (Å²) in [6.45, 7) is 7.29. The molecule has 0 radical (unpaired) electrons. The van der Waals surface area contributed by atoms with Crippen molar-refractivity contribution >= 4 is 41.2 Å². The Hall–Kier alpha value is -2.77. The third kappa shape index (κ3) is 5.09. The molecule has 3 aromatic rings. The van der Waals surface area contributed by atoms with Crippen molar-refractivity contribution in [1.82, 2.24) is 9.97 Å². The van der Waals surface area contributed by atoms with E-state index in [-0.39, 0.29) is 0 Å². The summed E-state index contributed by atoms with van der Waals surface area (Å²) in [4.78, 5) is 23.2. The number of rotatable bonds is 6. The Morgan fingerprint density at radius 1 is 1.06 bits per heavy atom. The first-order chi connectivity index (χ1) is 15.8. The standard InChI is InChI=1S/C25H27ClN4O2S/c1-16-6-4-7-17(2)22(16)23-18(26)10-11-19(27-23)29-33-21-9-5-8-20(28-21)30-14-12-25(3,13-15-30)24(31)32/h4-11H,12-15H2,1-3H3,(H,27,29)(H,31,32). The lowest BCUT2D eigenvalue weighted by atomic mass is 9.80. The van der Waals surface area contributed by atoms with Crippen LogP contribution in [0.1, 0.15) is 30.9 Å². The van der Waals surface area contributed by atoms with E-state index in [9.17, 15) is 9.90 Å². The van der Waals surface area contributed by atoms with Gasteiger partial charge in [-0.3, -0.25) is 4.79 Å². The molecule has 0 aliphatic carbocycles. The summed E-state index contributed by atoms with van der Waals surface area (Å²) in [7, 11) is 0. The average Bonchev–Trinajstić information content (AvgIpc) is 2.80. The zero-order chi connectivity index (χ0) is 23.6. The van der Waals surface area contributed by atoms with Gasteiger partial charge in [-0.05, 0) is 69.0 Å². The number of nitrogens with zero attached hydrogens (tertiary/aromatic N) is 3. The molecule has 33 heavy (non-hydrogen) atoms. The number of halogens is 1. The summed E-state index contributed by atoms with van der Waals surface area (Å²) in [6.07, 6.45) is 1.21. The van der Waals surface area contributed by atoms with Crippen LogP contribution in [0.3, 0.4) is 0 Å². The molecule has 6 nitrogen and oxygen atoms in total. The minimum absolute atomic E-state index is 0.607. The number of anilines is 2. The fraction of sp³-hybridized carbons (Fsp3) is 0.320. The Morgan fingerprint density at radius 2 is 1.73 bits per heavy atom. The Balaban J connectivity index is 1.47. The smallest absolute Gasteiger partial charge is 0.309 e. The molecule has 0 amide bonds. The topological polar surface area (TPSA) is 78.4 Å². The lowest BCUT2D eigenvalue weighted by Gasteiger charge is -2.37. The molecule has 0 spiro atoms. The van der Waals surface area contributed by atoms with Gasteiger partial charge in [0.1, 0.15) is 16.7 Å². The van der Waals surface area contributed by atoms with Gasteiger partial charge in [-0.1, -0.05) is 35.9 Å². The molecule has 0 saturated carbocycles. The number of hydrogen-bond donors (Lipinski definition) is 2. The van der Waals surface area contributed by atoms with Gasteiger partial charge in [0.2, 0.25) is 0 Å². The molecule has 1 fully saturated rings. The Labute approximate surface area is 203 Å². The van der Waals surface area contributed by atoms with Crippen molar-refractivity contribution in [2.75, 3.05) is 22.7 Å². The van der Waals surface area contributed by atoms with Crippen molar-refractivity contribution in [3.63, 3.8) is 0 Å². The van der Waals surface area contributed by atoms with Crippen LogP contribution >= 0.6 is 23.5 Å². The predicted octanol–water partition coefficient (Wildman–Crippen LogP) is 6.22. The molecule has 3 heterocycles. The maximum absolute atomic E-state index is 11.5. The van der Waals surface area contributed by atoms with Crippen LogP contribution in [0.5, 0.6) is 0 Å². The Bertz CT molecular complexity index is 1160. The summed E-state index contributed by atoms with van der Waals surface area (Å²) >= 11 is 7.87. The van der Waals surface area contributed by atoms with Crippen LogP contribution < -0.4 is 9.62 Å². The molecule has 1 aliphatic rings. The van der Waals surface area contributed by atoms with Gasteiger partial charge < -0.3 is 14.7 Å². The number of aryl methyl sites for hydroxylation is 2. The molecule has 2 aromatic heterocycles. The molecule has 2 N–H and O–H groups in total. The van der Waals surface area contributed by atoms with Crippen molar-refractivity contribution in [2.24, 2.45) is 5.41 Å². The molecule has 4 rings (SSSR count). The largest absolute Gasteiger partial charge is 0.481 e. The number of aromatic nitrogens is 2. The highest BCUT2D eigenvalue weighted by Gasteiger charge is 2.37. The Kier molecular flexibility index (Phi) is 6.81. The third-order valence-electron chi connectivity index (χ3n) is 6.24. The van der Waals surface area contributed by atoms with E-state index in [4.69, 9.17) is 21.6 Å². The minimum Gasteiger partial charge on any atom is -0.481 e. The van der Waals surface area contributed by atoms with Crippen molar-refractivity contribution in [3.05, 3.63) is 64.7 Å². The van der Waals surface area contributed by atoms with E-state index < -0.39 is 11.4 Å². The van der Waals surface area contributed by atoms with Gasteiger partial charge in [0, 0.05) is 30.6 Å². The number of piperidine rings is 1. The monoisotopic (exact) mass is 482 g/mol. The van der Waals surface area contributed by atoms with Crippen molar-refractivity contribution in [2.45, 2.75) is 38.6 Å². The first kappa shape index (κ1) is 23.4. The first-order valence-electron chi connectivity index (χ1n) is 10.9. The van der Waals surface area contributed by atoms with Gasteiger partial charge in [0.25, 0.3) is 0 Å². The highest BCUT2D eigenvalue weighted by Crippen LogP contribution is 2.35. The number of pyridine rings is 2. The number of benzene rings is 1. The molecule has 8 heteroatoms. The second-order valence-corrected chi connectivity index (χ2v) is 9.92. The Morgan fingerprint density at radius 3 is 2.39 bits per heavy atom. The number of hydrogen-bond acceptors (Lipinski definition) is 6. The average molecular weight is 483 g/mol. The third-order valence-corrected chi connectivity index (χ3v) is 7.29. The van der Waals surface area contributed by atoms with Gasteiger partial charge in [-0.15, -0.1) is 0 Å². The fourth-order valence-corrected chi connectivity index (χ4v) is 4.86. The van der Waals surface area contributed by atoms with Gasteiger partial charge in [0.05, 0.1) is 16.1 Å². The molecular weight excluding hydrogens is 456 g/mol. The normalized spacial score (nSPS) is 15.3. The highest BCUT2D eigenvalue weighted by atomic mass is 35.5. The van der Waals surface area contributed by atoms with Crippen LogP contribution in [0.4, 0.5) is 11.6 Å². The number of nitrogens with one attached hydrogen (secondary N) is 1.